The van der Waals surface area contributed by atoms with E-state index in [4.69, 9.17) is 10.2 Å². The van der Waals surface area contributed by atoms with Crippen LogP contribution in [-0.2, 0) is 0 Å². The van der Waals surface area contributed by atoms with Crippen molar-refractivity contribution in [2.45, 2.75) is 35.9 Å². The average Bonchev–Trinajstić information content (AvgIpc) is 2.12. The maximum Gasteiger partial charge on any atom is 0.460 e. The molecule has 0 aromatic carbocycles. The highest BCUT2D eigenvalue weighted by atomic mass is 19.4. The van der Waals surface area contributed by atoms with Gasteiger partial charge in [0.15, 0.2) is 0 Å². The van der Waals surface area contributed by atoms with Crippen LogP contribution in [0.4, 0.5) is 52.7 Å². The van der Waals surface area contributed by atoms with Crippen molar-refractivity contribution in [1.82, 2.24) is 0 Å². The highest BCUT2D eigenvalue weighted by Gasteiger charge is 2.90. The van der Waals surface area contributed by atoms with E-state index in [1.54, 1.807) is 0 Å². The molecule has 0 unspecified atom stereocenters. The van der Waals surface area contributed by atoms with Crippen molar-refractivity contribution >= 4 is 0 Å². The Morgan fingerprint density at radius 1 is 0.400 bits per heavy atom. The lowest BCUT2D eigenvalue weighted by atomic mass is 9.97. The lowest BCUT2D eigenvalue weighted by molar-refractivity contribution is -0.473. The number of rotatable bonds is 4. The molecule has 0 atom stereocenters. The average molecular weight is 334 g/mol. The lowest BCUT2D eigenvalue weighted by Crippen LogP contribution is -2.70. The molecule has 0 aliphatic carbocycles. The second-order valence-electron chi connectivity index (χ2n) is 3.38. The molecule has 0 saturated heterocycles. The van der Waals surface area contributed by atoms with Gasteiger partial charge in [-0.1, -0.05) is 0 Å². The van der Waals surface area contributed by atoms with E-state index in [0.29, 0.717) is 0 Å². The van der Waals surface area contributed by atoms with E-state index in [1.165, 1.54) is 0 Å². The van der Waals surface area contributed by atoms with E-state index in [9.17, 15) is 52.7 Å². The summed E-state index contributed by atoms with van der Waals surface area (Å²) in [6, 6.07) is -6.48. The summed E-state index contributed by atoms with van der Waals surface area (Å²) in [6.07, 6.45) is -7.40. The van der Waals surface area contributed by atoms with Crippen molar-refractivity contribution in [2.75, 3.05) is 0 Å². The van der Waals surface area contributed by atoms with Crippen LogP contribution in [0, 0.1) is 0 Å². The van der Waals surface area contributed by atoms with Gasteiger partial charge in [-0.05, 0) is 0 Å². The predicted octanol–water partition coefficient (Wildman–Crippen LogP) is 2.70. The molecule has 0 radical (unpaired) electrons. The van der Waals surface area contributed by atoms with Gasteiger partial charge in [-0.25, -0.2) is 0 Å². The van der Waals surface area contributed by atoms with Gasteiger partial charge in [0.05, 0.1) is 0 Å². The van der Waals surface area contributed by atoms with Gasteiger partial charge in [0.2, 0.25) is 0 Å². The minimum Gasteiger partial charge on any atom is -0.335 e. The van der Waals surface area contributed by atoms with E-state index < -0.39 is 35.9 Å². The Morgan fingerprint density at radius 2 is 0.650 bits per heavy atom. The Labute approximate surface area is 100 Å². The Bertz CT molecular complexity index is 327. The molecular weight excluding hydrogens is 332 g/mol. The Kier molecular flexibility index (Phi) is 4.09. The van der Waals surface area contributed by atoms with E-state index in [-0.39, 0.29) is 0 Å². The number of aliphatic hydroxyl groups is 2. The lowest BCUT2D eigenvalue weighted by Gasteiger charge is -2.38. The molecule has 0 amide bonds. The van der Waals surface area contributed by atoms with Gasteiger partial charge in [0.25, 0.3) is 0 Å². The van der Waals surface area contributed by atoms with Gasteiger partial charge in [0, 0.05) is 0 Å². The number of hydrogen-bond donors (Lipinski definition) is 2. The van der Waals surface area contributed by atoms with Crippen molar-refractivity contribution in [2.24, 2.45) is 0 Å². The zero-order chi connectivity index (χ0) is 17.0. The monoisotopic (exact) mass is 334 g/mol. The minimum atomic E-state index is -7.88. The summed E-state index contributed by atoms with van der Waals surface area (Å²) in [6.45, 7) is 0. The molecule has 0 aromatic heterocycles. The molecule has 0 saturated carbocycles. The first kappa shape index (κ1) is 19.1. The van der Waals surface area contributed by atoms with Crippen LogP contribution in [-0.4, -0.2) is 46.1 Å². The quantitative estimate of drug-likeness (QED) is 0.613. The molecule has 0 heterocycles. The van der Waals surface area contributed by atoms with E-state index in [0.717, 1.165) is 0 Å². The summed E-state index contributed by atoms with van der Waals surface area (Å²) >= 11 is 0. The van der Waals surface area contributed by atoms with Crippen molar-refractivity contribution in [3.63, 3.8) is 0 Å². The van der Waals surface area contributed by atoms with Crippen LogP contribution in [0.15, 0.2) is 0 Å². The van der Waals surface area contributed by atoms with Gasteiger partial charge in [-0.15, -0.1) is 0 Å². The summed E-state index contributed by atoms with van der Waals surface area (Å²) in [4.78, 5) is 0. The molecule has 122 valence electrons. The molecule has 0 aromatic rings. The molecule has 0 spiro atoms. The molecular formula is C6H2F12O2. The molecule has 0 aliphatic heterocycles. The van der Waals surface area contributed by atoms with Crippen LogP contribution in [0.3, 0.4) is 0 Å². The molecule has 14 heteroatoms. The highest BCUT2D eigenvalue weighted by Crippen LogP contribution is 2.59. The maximum atomic E-state index is 12.5. The normalized spacial score (nSPS) is 16.5. The SMILES string of the molecule is OC(O)(F)C(F)(F)C(F)(F)C(F)(F)C(F)(F)C(F)(F)F. The maximum absolute atomic E-state index is 12.5. The molecule has 20 heavy (non-hydrogen) atoms. The second kappa shape index (κ2) is 4.29. The van der Waals surface area contributed by atoms with Gasteiger partial charge in [0.1, 0.15) is 0 Å². The first-order valence-electron chi connectivity index (χ1n) is 3.97. The second-order valence-corrected chi connectivity index (χ2v) is 3.38. The number of hydrogen-bond acceptors (Lipinski definition) is 2. The van der Waals surface area contributed by atoms with Crippen LogP contribution >= 0.6 is 0 Å². The van der Waals surface area contributed by atoms with Crippen LogP contribution in [0.1, 0.15) is 0 Å². The zero-order valence-electron chi connectivity index (χ0n) is 8.43. The van der Waals surface area contributed by atoms with E-state index in [1.807, 2.05) is 0 Å². The van der Waals surface area contributed by atoms with Gasteiger partial charge < -0.3 is 10.2 Å². The van der Waals surface area contributed by atoms with Crippen molar-refractivity contribution in [3.05, 3.63) is 0 Å². The standard InChI is InChI=1S/C6H2F12O2/c7-1(8,3(11,12)5(15,16)17)2(9,10)4(13,14)6(18,19)20/h19-20H. The zero-order valence-corrected chi connectivity index (χ0v) is 8.43. The summed E-state index contributed by atoms with van der Waals surface area (Å²) in [5.74, 6) is -30.8. The van der Waals surface area contributed by atoms with Gasteiger partial charge in [-0.3, -0.25) is 0 Å². The Balaban J connectivity index is 6.08. The third-order valence-corrected chi connectivity index (χ3v) is 1.94. The largest absolute Gasteiger partial charge is 0.460 e. The van der Waals surface area contributed by atoms with E-state index >= 15 is 0 Å². The van der Waals surface area contributed by atoms with Crippen LogP contribution in [0.2, 0.25) is 0 Å². The summed E-state index contributed by atoms with van der Waals surface area (Å²) in [7, 11) is 0. The third kappa shape index (κ3) is 2.27. The van der Waals surface area contributed by atoms with Crippen LogP contribution in [0.25, 0.3) is 0 Å². The molecule has 0 rings (SSSR count). The highest BCUT2D eigenvalue weighted by molar-refractivity contribution is 5.08. The minimum absolute atomic E-state index is 6.48. The van der Waals surface area contributed by atoms with Gasteiger partial charge >= 0.3 is 35.9 Å². The summed E-state index contributed by atoms with van der Waals surface area (Å²) in [5, 5.41) is 15.0. The molecule has 0 aliphatic rings. The van der Waals surface area contributed by atoms with Crippen molar-refractivity contribution in [1.29, 1.82) is 0 Å². The Morgan fingerprint density at radius 3 is 0.850 bits per heavy atom. The Hall–Kier alpha value is -0.920. The molecule has 2 nitrogen and oxygen atoms in total. The van der Waals surface area contributed by atoms with Crippen molar-refractivity contribution in [3.8, 4) is 0 Å². The third-order valence-electron chi connectivity index (χ3n) is 1.94. The molecule has 0 bridgehead atoms. The molecule has 0 fully saturated rings. The topological polar surface area (TPSA) is 40.5 Å². The van der Waals surface area contributed by atoms with Crippen LogP contribution < -0.4 is 0 Å². The number of alkyl halides is 12. The first-order chi connectivity index (χ1) is 8.25. The smallest absolute Gasteiger partial charge is 0.335 e. The van der Waals surface area contributed by atoms with E-state index in [2.05, 4.69) is 0 Å². The summed E-state index contributed by atoms with van der Waals surface area (Å²) in [5.41, 5.74) is 0. The summed E-state index contributed by atoms with van der Waals surface area (Å²) < 4.78 is 145. The fourth-order valence-corrected chi connectivity index (χ4v) is 0.772. The fourth-order valence-electron chi connectivity index (χ4n) is 0.772. The fraction of sp³-hybridized carbons (Fsp3) is 1.00. The van der Waals surface area contributed by atoms with Gasteiger partial charge in [-0.2, -0.15) is 52.7 Å². The first-order valence-corrected chi connectivity index (χ1v) is 3.97. The predicted molar refractivity (Wildman–Crippen MR) is 34.1 cm³/mol. The number of halogens is 12. The van der Waals surface area contributed by atoms with Crippen molar-refractivity contribution < 1.29 is 62.9 Å². The van der Waals surface area contributed by atoms with Crippen LogP contribution in [0.5, 0.6) is 0 Å². The molecule has 2 N–H and O–H groups in total.